The van der Waals surface area contributed by atoms with Gasteiger partial charge >= 0.3 is 21.7 Å². The summed E-state index contributed by atoms with van der Waals surface area (Å²) in [4.78, 5) is 0. The van der Waals surface area contributed by atoms with Crippen LogP contribution in [0, 0.1) is 0 Å². The van der Waals surface area contributed by atoms with E-state index in [9.17, 15) is 0 Å². The third kappa shape index (κ3) is 11.0. The molecule has 0 unspecified atom stereocenters. The number of rotatable bonds is 0. The van der Waals surface area contributed by atoms with Crippen molar-refractivity contribution in [3.8, 4) is 0 Å². The molecule has 0 aliphatic heterocycles. The van der Waals surface area contributed by atoms with Crippen LogP contribution in [-0.4, -0.2) is 0 Å². The Labute approximate surface area is 49.9 Å². The minimum Gasteiger partial charge on any atom is -2.00 e. The van der Waals surface area contributed by atoms with Crippen molar-refractivity contribution in [1.29, 1.82) is 0 Å². The standard InChI is InChI=1S/Fe.2O.Ti/q;2*-2;+4. The third-order valence-corrected chi connectivity index (χ3v) is 0. The summed E-state index contributed by atoms with van der Waals surface area (Å²) in [5, 5.41) is 0. The molecular formula is FeO2Ti. The Balaban J connectivity index is 0. The summed E-state index contributed by atoms with van der Waals surface area (Å²) in [5.41, 5.74) is 0. The van der Waals surface area contributed by atoms with Crippen LogP contribution in [0.2, 0.25) is 0 Å². The second-order valence-electron chi connectivity index (χ2n) is 0. The number of hydrogen-bond donors (Lipinski definition) is 0. The Kier molecular flexibility index (Phi) is 518. The van der Waals surface area contributed by atoms with E-state index in [4.69, 9.17) is 0 Å². The predicted octanol–water partition coefficient (Wildman–Crippen LogP) is -0.243. The molecule has 0 aliphatic carbocycles. The summed E-state index contributed by atoms with van der Waals surface area (Å²) in [7, 11) is 0. The Morgan fingerprint density at radius 3 is 0.750 bits per heavy atom. The van der Waals surface area contributed by atoms with E-state index < -0.39 is 0 Å². The van der Waals surface area contributed by atoms with E-state index in [0.717, 1.165) is 0 Å². The molecular weight excluding hydrogens is 136 g/mol. The van der Waals surface area contributed by atoms with Crippen LogP contribution < -0.4 is 0 Å². The van der Waals surface area contributed by atoms with Crippen LogP contribution >= 0.6 is 0 Å². The van der Waals surface area contributed by atoms with E-state index in [2.05, 4.69) is 0 Å². The Bertz CT molecular complexity index is 6.00. The van der Waals surface area contributed by atoms with E-state index in [1.54, 1.807) is 0 Å². The first kappa shape index (κ1) is 66.8. The summed E-state index contributed by atoms with van der Waals surface area (Å²) < 4.78 is 0. The van der Waals surface area contributed by atoms with Gasteiger partial charge in [0.1, 0.15) is 0 Å². The van der Waals surface area contributed by atoms with E-state index in [1.165, 1.54) is 0 Å². The minimum atomic E-state index is 0. The van der Waals surface area contributed by atoms with E-state index in [1.807, 2.05) is 0 Å². The molecule has 0 aromatic heterocycles. The van der Waals surface area contributed by atoms with Gasteiger partial charge in [-0.2, -0.15) is 0 Å². The average molecular weight is 136 g/mol. The fourth-order valence-corrected chi connectivity index (χ4v) is 0. The van der Waals surface area contributed by atoms with Gasteiger partial charge in [-0.15, -0.1) is 0 Å². The van der Waals surface area contributed by atoms with Gasteiger partial charge in [-0.1, -0.05) is 0 Å². The van der Waals surface area contributed by atoms with Crippen molar-refractivity contribution >= 4 is 0 Å². The fourth-order valence-electron chi connectivity index (χ4n) is 0. The molecule has 0 N–H and O–H groups in total. The van der Waals surface area contributed by atoms with Crippen LogP contribution in [0.4, 0.5) is 0 Å². The van der Waals surface area contributed by atoms with Crippen LogP contribution in [0.25, 0.3) is 0 Å². The molecule has 0 bridgehead atoms. The molecule has 0 fully saturated rings. The van der Waals surface area contributed by atoms with Crippen LogP contribution in [0.3, 0.4) is 0 Å². The normalized spacial score (nSPS) is 0. The van der Waals surface area contributed by atoms with Gasteiger partial charge < -0.3 is 11.0 Å². The molecule has 4 heavy (non-hydrogen) atoms. The molecule has 2 nitrogen and oxygen atoms in total. The summed E-state index contributed by atoms with van der Waals surface area (Å²) in [6.07, 6.45) is 0. The van der Waals surface area contributed by atoms with Crippen molar-refractivity contribution in [2.24, 2.45) is 0 Å². The van der Waals surface area contributed by atoms with Crippen molar-refractivity contribution in [3.05, 3.63) is 0 Å². The topological polar surface area (TPSA) is 57.0 Å². The molecule has 0 heterocycles. The number of hydrogen-bond acceptors (Lipinski definition) is 0. The second kappa shape index (κ2) is 31.0. The Morgan fingerprint density at radius 2 is 0.750 bits per heavy atom. The monoisotopic (exact) mass is 136 g/mol. The summed E-state index contributed by atoms with van der Waals surface area (Å²) >= 11 is 0. The van der Waals surface area contributed by atoms with Crippen LogP contribution in [-0.2, 0) is 49.7 Å². The Morgan fingerprint density at radius 1 is 0.750 bits per heavy atom. The first-order valence-corrected chi connectivity index (χ1v) is 0. The van der Waals surface area contributed by atoms with Gasteiger partial charge in [-0.3, -0.25) is 0 Å². The van der Waals surface area contributed by atoms with Crippen LogP contribution in [0.15, 0.2) is 0 Å². The summed E-state index contributed by atoms with van der Waals surface area (Å²) in [5.74, 6) is 0. The molecule has 0 atom stereocenters. The van der Waals surface area contributed by atoms with Crippen LogP contribution in [0.5, 0.6) is 0 Å². The molecule has 24 valence electrons. The molecule has 0 spiro atoms. The first-order valence-electron chi connectivity index (χ1n) is 0. The second-order valence-corrected chi connectivity index (χ2v) is 0. The zero-order valence-corrected chi connectivity index (χ0v) is 4.34. The van der Waals surface area contributed by atoms with Gasteiger partial charge in [0.2, 0.25) is 0 Å². The largest absolute Gasteiger partial charge is 4.00 e. The van der Waals surface area contributed by atoms with Gasteiger partial charge in [0.25, 0.3) is 0 Å². The molecule has 0 saturated heterocycles. The summed E-state index contributed by atoms with van der Waals surface area (Å²) in [6, 6.07) is 0. The predicted molar refractivity (Wildman–Crippen MR) is 1.37 cm³/mol. The van der Waals surface area contributed by atoms with Gasteiger partial charge in [-0.25, -0.2) is 0 Å². The SMILES string of the molecule is [Fe].[O-2].[O-2].[Ti+4]. The van der Waals surface area contributed by atoms with Crippen molar-refractivity contribution in [2.75, 3.05) is 0 Å². The molecule has 0 radical (unpaired) electrons. The maximum absolute atomic E-state index is 0. The van der Waals surface area contributed by atoms with Gasteiger partial charge in [0.15, 0.2) is 0 Å². The van der Waals surface area contributed by atoms with Crippen LogP contribution in [0.1, 0.15) is 0 Å². The molecule has 0 saturated carbocycles. The third-order valence-electron chi connectivity index (χ3n) is 0. The quantitative estimate of drug-likeness (QED) is 0.412. The van der Waals surface area contributed by atoms with Crippen molar-refractivity contribution in [3.63, 3.8) is 0 Å². The molecule has 0 amide bonds. The molecule has 0 aromatic rings. The van der Waals surface area contributed by atoms with E-state index >= 15 is 0 Å². The van der Waals surface area contributed by atoms with Gasteiger partial charge in [0, 0.05) is 17.1 Å². The maximum atomic E-state index is 0. The average Bonchev–Trinajstić information content (AvgIpc) is 0. The van der Waals surface area contributed by atoms with Crippen molar-refractivity contribution < 1.29 is 49.7 Å². The summed E-state index contributed by atoms with van der Waals surface area (Å²) in [6.45, 7) is 0. The van der Waals surface area contributed by atoms with E-state index in [0.29, 0.717) is 0 Å². The van der Waals surface area contributed by atoms with Crippen molar-refractivity contribution in [1.82, 2.24) is 0 Å². The fraction of sp³-hybridized carbons (Fsp3) is 0. The molecule has 0 aromatic carbocycles. The van der Waals surface area contributed by atoms with Crippen molar-refractivity contribution in [2.45, 2.75) is 0 Å². The molecule has 4 heteroatoms. The molecule has 0 rings (SSSR count). The van der Waals surface area contributed by atoms with E-state index in [-0.39, 0.29) is 49.7 Å². The zero-order valence-electron chi connectivity index (χ0n) is 1.67. The molecule has 0 aliphatic rings. The van der Waals surface area contributed by atoms with Gasteiger partial charge in [0.05, 0.1) is 0 Å². The maximum Gasteiger partial charge on any atom is 4.00 e. The van der Waals surface area contributed by atoms with Gasteiger partial charge in [-0.05, 0) is 0 Å². The first-order chi connectivity index (χ1) is 0. The Hall–Kier alpha value is 1.15. The smallest absolute Gasteiger partial charge is 2.00 e. The minimum absolute atomic E-state index is 0. The zero-order chi connectivity index (χ0) is 0.